The van der Waals surface area contributed by atoms with E-state index in [9.17, 15) is 9.59 Å². The number of anilines is 1. The molecular formula is C12H10N2O3. The van der Waals surface area contributed by atoms with E-state index in [-0.39, 0.29) is 11.4 Å². The molecular weight excluding hydrogens is 220 g/mol. The molecule has 0 fully saturated rings. The Kier molecular flexibility index (Phi) is 2.66. The average Bonchev–Trinajstić information content (AvgIpc) is 2.33. The molecule has 0 aliphatic heterocycles. The Hall–Kier alpha value is -2.56. The Balaban J connectivity index is 2.72. The van der Waals surface area contributed by atoms with Gasteiger partial charge in [-0.2, -0.15) is 0 Å². The smallest absolute Gasteiger partial charge is 0.353 e. The Labute approximate surface area is 96.5 Å². The van der Waals surface area contributed by atoms with E-state index in [1.165, 1.54) is 6.07 Å². The van der Waals surface area contributed by atoms with Gasteiger partial charge in [0.25, 0.3) is 5.56 Å². The van der Waals surface area contributed by atoms with E-state index in [1.54, 1.807) is 24.3 Å². The van der Waals surface area contributed by atoms with E-state index in [4.69, 9.17) is 10.8 Å². The molecule has 0 unspecified atom stereocenters. The summed E-state index contributed by atoms with van der Waals surface area (Å²) in [5.74, 6) is -1.19. The molecule has 1 aromatic carbocycles. The summed E-state index contributed by atoms with van der Waals surface area (Å²) < 4.78 is 0. The second-order valence-corrected chi connectivity index (χ2v) is 3.51. The summed E-state index contributed by atoms with van der Waals surface area (Å²) in [6.45, 7) is 0. The number of carbonyl (C=O) groups is 1. The van der Waals surface area contributed by atoms with Gasteiger partial charge in [-0.25, -0.2) is 4.79 Å². The van der Waals surface area contributed by atoms with Gasteiger partial charge in [-0.3, -0.25) is 4.79 Å². The lowest BCUT2D eigenvalue weighted by atomic mass is 10.0. The predicted molar refractivity (Wildman–Crippen MR) is 63.9 cm³/mol. The van der Waals surface area contributed by atoms with Crippen LogP contribution < -0.4 is 11.3 Å². The van der Waals surface area contributed by atoms with Crippen molar-refractivity contribution in [3.05, 3.63) is 52.4 Å². The number of H-pyrrole nitrogens is 1. The molecule has 5 heteroatoms. The summed E-state index contributed by atoms with van der Waals surface area (Å²) in [6, 6.07) is 10.3. The molecule has 4 N–H and O–H groups in total. The lowest BCUT2D eigenvalue weighted by molar-refractivity contribution is 0.0691. The monoisotopic (exact) mass is 230 g/mol. The summed E-state index contributed by atoms with van der Waals surface area (Å²) in [6.07, 6.45) is 0. The highest BCUT2D eigenvalue weighted by Gasteiger charge is 2.14. The number of carboxylic acids is 1. The second kappa shape index (κ2) is 4.13. The number of nitrogens with two attached hydrogens (primary N) is 1. The zero-order chi connectivity index (χ0) is 12.4. The third-order valence-electron chi connectivity index (χ3n) is 2.37. The van der Waals surface area contributed by atoms with Crippen LogP contribution in [0.4, 0.5) is 5.69 Å². The predicted octanol–water partition coefficient (Wildman–Crippen LogP) is 1.32. The number of pyridine rings is 1. The highest BCUT2D eigenvalue weighted by molar-refractivity contribution is 5.94. The number of nitrogen functional groups attached to an aromatic ring is 1. The molecule has 0 saturated carbocycles. The number of aromatic nitrogens is 1. The van der Waals surface area contributed by atoms with Gasteiger partial charge in [0.1, 0.15) is 5.69 Å². The molecule has 17 heavy (non-hydrogen) atoms. The van der Waals surface area contributed by atoms with Crippen molar-refractivity contribution >= 4 is 11.7 Å². The van der Waals surface area contributed by atoms with Gasteiger partial charge in [-0.15, -0.1) is 0 Å². The number of benzene rings is 1. The molecule has 0 amide bonds. The summed E-state index contributed by atoms with van der Waals surface area (Å²) >= 11 is 0. The van der Waals surface area contributed by atoms with Crippen molar-refractivity contribution in [2.24, 2.45) is 0 Å². The van der Waals surface area contributed by atoms with Crippen molar-refractivity contribution in [2.75, 3.05) is 5.73 Å². The lowest BCUT2D eigenvalue weighted by Gasteiger charge is -2.06. The van der Waals surface area contributed by atoms with Crippen LogP contribution >= 0.6 is 0 Å². The summed E-state index contributed by atoms with van der Waals surface area (Å²) in [5.41, 5.74) is 5.82. The van der Waals surface area contributed by atoms with Crippen LogP contribution in [-0.2, 0) is 0 Å². The SMILES string of the molecule is Nc1cc(-c2ccccc2)c(C(=O)O)[nH]c1=O. The standard InChI is InChI=1S/C12H10N2O3/c13-9-6-8(7-4-2-1-3-5-7)10(12(16)17)14-11(9)15/h1-6H,13H2,(H,14,15)(H,16,17). The fraction of sp³-hybridized carbons (Fsp3) is 0. The van der Waals surface area contributed by atoms with E-state index < -0.39 is 11.5 Å². The Bertz CT molecular complexity index is 617. The van der Waals surface area contributed by atoms with E-state index >= 15 is 0 Å². The van der Waals surface area contributed by atoms with Crippen LogP contribution in [0.3, 0.4) is 0 Å². The zero-order valence-electron chi connectivity index (χ0n) is 8.81. The number of rotatable bonds is 2. The van der Waals surface area contributed by atoms with Crippen LogP contribution in [0.5, 0.6) is 0 Å². The van der Waals surface area contributed by atoms with Gasteiger partial charge < -0.3 is 15.8 Å². The maximum Gasteiger partial charge on any atom is 0.353 e. The molecule has 0 atom stereocenters. The molecule has 0 spiro atoms. The Morgan fingerprint density at radius 1 is 1.24 bits per heavy atom. The van der Waals surface area contributed by atoms with Crippen molar-refractivity contribution in [3.63, 3.8) is 0 Å². The van der Waals surface area contributed by atoms with Gasteiger partial charge in [-0.1, -0.05) is 30.3 Å². The Morgan fingerprint density at radius 3 is 2.47 bits per heavy atom. The van der Waals surface area contributed by atoms with Crippen LogP contribution in [0.2, 0.25) is 0 Å². The molecule has 1 aromatic heterocycles. The number of nitrogens with one attached hydrogen (secondary N) is 1. The van der Waals surface area contributed by atoms with Crippen LogP contribution in [0.25, 0.3) is 11.1 Å². The first-order valence-electron chi connectivity index (χ1n) is 4.91. The third kappa shape index (κ3) is 2.03. The largest absolute Gasteiger partial charge is 0.477 e. The van der Waals surface area contributed by atoms with Crippen LogP contribution in [0.15, 0.2) is 41.2 Å². The molecule has 86 valence electrons. The lowest BCUT2D eigenvalue weighted by Crippen LogP contribution is -2.17. The van der Waals surface area contributed by atoms with Gasteiger partial charge in [-0.05, 0) is 11.6 Å². The van der Waals surface area contributed by atoms with Gasteiger partial charge in [0.2, 0.25) is 0 Å². The van der Waals surface area contributed by atoms with Gasteiger partial charge >= 0.3 is 5.97 Å². The van der Waals surface area contributed by atoms with Crippen LogP contribution in [0, 0.1) is 0 Å². The number of hydrogen-bond acceptors (Lipinski definition) is 3. The van der Waals surface area contributed by atoms with E-state index in [0.717, 1.165) is 0 Å². The summed E-state index contributed by atoms with van der Waals surface area (Å²) in [7, 11) is 0. The number of aromatic carboxylic acids is 1. The normalized spacial score (nSPS) is 10.1. The van der Waals surface area contributed by atoms with Crippen molar-refractivity contribution in [3.8, 4) is 11.1 Å². The minimum Gasteiger partial charge on any atom is -0.477 e. The first-order valence-corrected chi connectivity index (χ1v) is 4.91. The van der Waals surface area contributed by atoms with Crippen molar-refractivity contribution in [1.29, 1.82) is 0 Å². The fourth-order valence-electron chi connectivity index (χ4n) is 1.56. The number of hydrogen-bond donors (Lipinski definition) is 3. The van der Waals surface area contributed by atoms with E-state index in [2.05, 4.69) is 4.98 Å². The van der Waals surface area contributed by atoms with Crippen molar-refractivity contribution in [1.82, 2.24) is 4.98 Å². The van der Waals surface area contributed by atoms with Gasteiger partial charge in [0.15, 0.2) is 0 Å². The minimum atomic E-state index is -1.19. The molecule has 5 nitrogen and oxygen atoms in total. The number of carboxylic acid groups (broad SMARTS) is 1. The average molecular weight is 230 g/mol. The molecule has 1 heterocycles. The first-order chi connectivity index (χ1) is 8.09. The van der Waals surface area contributed by atoms with Crippen molar-refractivity contribution < 1.29 is 9.90 Å². The summed E-state index contributed by atoms with van der Waals surface area (Å²) in [4.78, 5) is 24.6. The van der Waals surface area contributed by atoms with Gasteiger partial charge in [0, 0.05) is 5.56 Å². The van der Waals surface area contributed by atoms with Crippen LogP contribution in [-0.4, -0.2) is 16.1 Å². The quantitative estimate of drug-likeness (QED) is 0.724. The summed E-state index contributed by atoms with van der Waals surface area (Å²) in [5, 5.41) is 9.03. The van der Waals surface area contributed by atoms with Crippen LogP contribution in [0.1, 0.15) is 10.5 Å². The molecule has 0 bridgehead atoms. The van der Waals surface area contributed by atoms with Gasteiger partial charge in [0.05, 0.1) is 5.69 Å². The molecule has 2 aromatic rings. The fourth-order valence-corrected chi connectivity index (χ4v) is 1.56. The first kappa shape index (κ1) is 10.9. The highest BCUT2D eigenvalue weighted by atomic mass is 16.4. The number of aromatic amines is 1. The third-order valence-corrected chi connectivity index (χ3v) is 2.37. The second-order valence-electron chi connectivity index (χ2n) is 3.51. The topological polar surface area (TPSA) is 96.2 Å². The minimum absolute atomic E-state index is 0.00569. The zero-order valence-corrected chi connectivity index (χ0v) is 8.81. The van der Waals surface area contributed by atoms with Crippen molar-refractivity contribution in [2.45, 2.75) is 0 Å². The molecule has 0 aliphatic rings. The molecule has 2 rings (SSSR count). The maximum atomic E-state index is 11.3. The molecule has 0 aliphatic carbocycles. The van der Waals surface area contributed by atoms with E-state index in [1.807, 2.05) is 6.07 Å². The molecule has 0 saturated heterocycles. The maximum absolute atomic E-state index is 11.3. The molecule has 0 radical (unpaired) electrons. The highest BCUT2D eigenvalue weighted by Crippen LogP contribution is 2.22. The van der Waals surface area contributed by atoms with E-state index in [0.29, 0.717) is 11.1 Å². The Morgan fingerprint density at radius 2 is 1.88 bits per heavy atom.